The zero-order valence-corrected chi connectivity index (χ0v) is 19.2. The lowest BCUT2D eigenvalue weighted by Crippen LogP contribution is -2.18. The molecule has 0 unspecified atom stereocenters. The molecular formula is C26H19BrN2O4. The van der Waals surface area contributed by atoms with Crippen molar-refractivity contribution in [3.8, 4) is 11.5 Å². The summed E-state index contributed by atoms with van der Waals surface area (Å²) in [4.78, 5) is 25.2. The Morgan fingerprint density at radius 2 is 1.70 bits per heavy atom. The van der Waals surface area contributed by atoms with E-state index in [1.54, 1.807) is 55.6 Å². The third-order valence-corrected chi connectivity index (χ3v) is 5.40. The monoisotopic (exact) mass is 502 g/mol. The molecule has 33 heavy (non-hydrogen) atoms. The number of rotatable bonds is 6. The summed E-state index contributed by atoms with van der Waals surface area (Å²) in [7, 11) is 1.56. The number of methoxy groups -OCH3 is 1. The molecule has 0 heterocycles. The molecule has 0 saturated carbocycles. The smallest absolute Gasteiger partial charge is 0.343 e. The number of nitrogens with one attached hydrogen (secondary N) is 1. The number of nitrogens with zero attached hydrogens (tertiary/aromatic N) is 1. The second-order valence-electron chi connectivity index (χ2n) is 7.03. The Bertz CT molecular complexity index is 1350. The van der Waals surface area contributed by atoms with Crippen LogP contribution in [0.2, 0.25) is 0 Å². The predicted molar refractivity (Wildman–Crippen MR) is 131 cm³/mol. The lowest BCUT2D eigenvalue weighted by atomic mass is 10.0. The van der Waals surface area contributed by atoms with Crippen molar-refractivity contribution >= 4 is 44.8 Å². The standard InChI is InChI=1S/C26H19BrN2O4/c1-32-21-12-9-18(10-13-21)26(31)33-24-14-11-20(27)15-19(24)16-28-29-25(30)23-8-4-6-17-5-2-3-7-22(17)23/h2-16H,1H3,(H,29,30)/b28-16+. The van der Waals surface area contributed by atoms with Crippen molar-refractivity contribution in [1.82, 2.24) is 5.43 Å². The fraction of sp³-hybridized carbons (Fsp3) is 0.0385. The number of carbonyl (C=O) groups excluding carboxylic acids is 2. The SMILES string of the molecule is COc1ccc(C(=O)Oc2ccc(Br)cc2/C=N/NC(=O)c2cccc3ccccc23)cc1. The van der Waals surface area contributed by atoms with Gasteiger partial charge < -0.3 is 9.47 Å². The molecule has 0 spiro atoms. The van der Waals surface area contributed by atoms with Crippen LogP contribution >= 0.6 is 15.9 Å². The molecule has 0 fully saturated rings. The number of amides is 1. The van der Waals surface area contributed by atoms with Gasteiger partial charge >= 0.3 is 5.97 Å². The Kier molecular flexibility index (Phi) is 6.80. The molecule has 1 amide bonds. The molecule has 164 valence electrons. The first-order valence-electron chi connectivity index (χ1n) is 10.0. The van der Waals surface area contributed by atoms with E-state index in [4.69, 9.17) is 9.47 Å². The van der Waals surface area contributed by atoms with Gasteiger partial charge in [-0.25, -0.2) is 10.2 Å². The summed E-state index contributed by atoms with van der Waals surface area (Å²) in [5.41, 5.74) is 3.96. The third-order valence-electron chi connectivity index (χ3n) is 4.90. The number of hydrogen-bond acceptors (Lipinski definition) is 5. The van der Waals surface area contributed by atoms with E-state index in [2.05, 4.69) is 26.5 Å². The van der Waals surface area contributed by atoms with Crippen LogP contribution in [-0.2, 0) is 0 Å². The van der Waals surface area contributed by atoms with Crippen molar-refractivity contribution < 1.29 is 19.1 Å². The van der Waals surface area contributed by atoms with E-state index in [-0.39, 0.29) is 5.91 Å². The summed E-state index contributed by atoms with van der Waals surface area (Å²) in [6.07, 6.45) is 1.43. The van der Waals surface area contributed by atoms with Gasteiger partial charge in [-0.05, 0) is 59.3 Å². The van der Waals surface area contributed by atoms with Crippen molar-refractivity contribution in [2.75, 3.05) is 7.11 Å². The van der Waals surface area contributed by atoms with E-state index < -0.39 is 5.97 Å². The Hall–Kier alpha value is -3.97. The highest BCUT2D eigenvalue weighted by molar-refractivity contribution is 9.10. The van der Waals surface area contributed by atoms with Crippen LogP contribution in [0.1, 0.15) is 26.3 Å². The summed E-state index contributed by atoms with van der Waals surface area (Å²) >= 11 is 3.40. The zero-order valence-electron chi connectivity index (χ0n) is 17.6. The maximum absolute atomic E-state index is 12.7. The molecule has 6 nitrogen and oxygen atoms in total. The van der Waals surface area contributed by atoms with Gasteiger partial charge in [-0.2, -0.15) is 5.10 Å². The third kappa shape index (κ3) is 5.27. The topological polar surface area (TPSA) is 77.0 Å². The Morgan fingerprint density at radius 1 is 0.939 bits per heavy atom. The first-order valence-corrected chi connectivity index (χ1v) is 10.8. The fourth-order valence-electron chi connectivity index (χ4n) is 3.24. The number of benzene rings is 4. The first-order chi connectivity index (χ1) is 16.0. The lowest BCUT2D eigenvalue weighted by Gasteiger charge is -2.09. The summed E-state index contributed by atoms with van der Waals surface area (Å²) in [6.45, 7) is 0. The van der Waals surface area contributed by atoms with Gasteiger partial charge in [0.25, 0.3) is 5.91 Å². The van der Waals surface area contributed by atoms with Crippen LogP contribution in [0.4, 0.5) is 0 Å². The normalized spacial score (nSPS) is 10.8. The van der Waals surface area contributed by atoms with Crippen LogP contribution in [0.25, 0.3) is 10.8 Å². The van der Waals surface area contributed by atoms with Crippen molar-refractivity contribution in [3.05, 3.63) is 106 Å². The van der Waals surface area contributed by atoms with Crippen LogP contribution in [-0.4, -0.2) is 25.2 Å². The molecule has 1 N–H and O–H groups in total. The minimum absolute atomic E-state index is 0.308. The maximum atomic E-state index is 12.7. The van der Waals surface area contributed by atoms with Gasteiger partial charge in [0.05, 0.1) is 18.9 Å². The average molecular weight is 503 g/mol. The van der Waals surface area contributed by atoms with E-state index in [9.17, 15) is 9.59 Å². The summed E-state index contributed by atoms with van der Waals surface area (Å²) in [6, 6.07) is 24.9. The molecule has 0 aliphatic heterocycles. The fourth-order valence-corrected chi connectivity index (χ4v) is 3.62. The highest BCUT2D eigenvalue weighted by Crippen LogP contribution is 2.23. The lowest BCUT2D eigenvalue weighted by molar-refractivity contribution is 0.0734. The number of ether oxygens (including phenoxy) is 2. The first kappa shape index (κ1) is 22.2. The highest BCUT2D eigenvalue weighted by atomic mass is 79.9. The van der Waals surface area contributed by atoms with Gasteiger partial charge in [0.1, 0.15) is 11.5 Å². The Labute approximate surface area is 199 Å². The molecule has 0 bridgehead atoms. The van der Waals surface area contributed by atoms with Crippen molar-refractivity contribution in [3.63, 3.8) is 0 Å². The van der Waals surface area contributed by atoms with Gasteiger partial charge in [-0.15, -0.1) is 0 Å². The highest BCUT2D eigenvalue weighted by Gasteiger charge is 2.13. The van der Waals surface area contributed by atoms with Crippen LogP contribution in [0, 0.1) is 0 Å². The number of carbonyl (C=O) groups is 2. The molecule has 0 aromatic heterocycles. The van der Waals surface area contributed by atoms with Crippen LogP contribution in [0.5, 0.6) is 11.5 Å². The molecule has 0 saturated heterocycles. The van der Waals surface area contributed by atoms with Gasteiger partial charge in [0.2, 0.25) is 0 Å². The summed E-state index contributed by atoms with van der Waals surface area (Å²) in [5, 5.41) is 5.88. The minimum Gasteiger partial charge on any atom is -0.497 e. The van der Waals surface area contributed by atoms with Gasteiger partial charge in [0, 0.05) is 15.6 Å². The predicted octanol–water partition coefficient (Wildman–Crippen LogP) is 5.59. The molecule has 4 rings (SSSR count). The average Bonchev–Trinajstić information content (AvgIpc) is 2.85. The van der Waals surface area contributed by atoms with Gasteiger partial charge in [-0.1, -0.05) is 52.3 Å². The largest absolute Gasteiger partial charge is 0.497 e. The number of hydrazone groups is 1. The van der Waals surface area contributed by atoms with Gasteiger partial charge in [-0.3, -0.25) is 4.79 Å². The number of halogens is 1. The molecule has 0 atom stereocenters. The van der Waals surface area contributed by atoms with E-state index in [0.717, 1.165) is 15.2 Å². The Balaban J connectivity index is 1.51. The van der Waals surface area contributed by atoms with Crippen LogP contribution in [0.3, 0.4) is 0 Å². The molecule has 4 aromatic rings. The zero-order chi connectivity index (χ0) is 23.2. The van der Waals surface area contributed by atoms with E-state index >= 15 is 0 Å². The second kappa shape index (κ2) is 10.1. The number of fused-ring (bicyclic) bond motifs is 1. The van der Waals surface area contributed by atoms with Crippen LogP contribution in [0.15, 0.2) is 94.5 Å². The Morgan fingerprint density at radius 3 is 2.48 bits per heavy atom. The molecular weight excluding hydrogens is 484 g/mol. The van der Waals surface area contributed by atoms with E-state index in [0.29, 0.717) is 28.2 Å². The van der Waals surface area contributed by atoms with Crippen molar-refractivity contribution in [1.29, 1.82) is 0 Å². The van der Waals surface area contributed by atoms with Crippen LogP contribution < -0.4 is 14.9 Å². The molecule has 0 aliphatic carbocycles. The number of hydrogen-bond donors (Lipinski definition) is 1. The molecule has 4 aromatic carbocycles. The quantitative estimate of drug-likeness (QED) is 0.161. The maximum Gasteiger partial charge on any atom is 0.343 e. The molecule has 0 aliphatic rings. The second-order valence-corrected chi connectivity index (χ2v) is 7.94. The minimum atomic E-state index is -0.519. The summed E-state index contributed by atoms with van der Waals surface area (Å²) in [5.74, 6) is 0.0939. The molecule has 0 radical (unpaired) electrons. The molecule has 7 heteroatoms. The number of esters is 1. The van der Waals surface area contributed by atoms with Crippen molar-refractivity contribution in [2.24, 2.45) is 5.10 Å². The van der Waals surface area contributed by atoms with E-state index in [1.807, 2.05) is 36.4 Å². The van der Waals surface area contributed by atoms with Crippen molar-refractivity contribution in [2.45, 2.75) is 0 Å². The van der Waals surface area contributed by atoms with E-state index in [1.165, 1.54) is 6.21 Å². The summed E-state index contributed by atoms with van der Waals surface area (Å²) < 4.78 is 11.4. The van der Waals surface area contributed by atoms with Gasteiger partial charge in [0.15, 0.2) is 0 Å².